The predicted molar refractivity (Wildman–Crippen MR) is 139 cm³/mol. The van der Waals surface area contributed by atoms with Crippen molar-refractivity contribution < 1.29 is 9.72 Å². The molecule has 0 unspecified atom stereocenters. The van der Waals surface area contributed by atoms with Crippen LogP contribution in [0.2, 0.25) is 0 Å². The monoisotopic (exact) mass is 564 g/mol. The minimum absolute atomic E-state index is 0.0861. The van der Waals surface area contributed by atoms with Gasteiger partial charge in [-0.3, -0.25) is 24.3 Å². The number of rotatable bonds is 3. The van der Waals surface area contributed by atoms with Crippen LogP contribution in [0, 0.1) is 20.6 Å². The lowest BCUT2D eigenvalue weighted by molar-refractivity contribution is -0.384. The van der Waals surface area contributed by atoms with Crippen molar-refractivity contribution in [2.24, 2.45) is 0 Å². The molecule has 0 atom stereocenters. The Labute approximate surface area is 207 Å². The number of carbonyl (C=O) groups excluding carboxylic acids is 1. The lowest BCUT2D eigenvalue weighted by atomic mass is 10.0. The van der Waals surface area contributed by atoms with E-state index in [1.807, 2.05) is 31.2 Å². The van der Waals surface area contributed by atoms with Crippen LogP contribution in [0.5, 0.6) is 0 Å². The first kappa shape index (κ1) is 22.0. The number of hydrogen-bond donors (Lipinski definition) is 0. The van der Waals surface area contributed by atoms with Crippen LogP contribution in [0.15, 0.2) is 65.5 Å². The van der Waals surface area contributed by atoms with Gasteiger partial charge >= 0.3 is 0 Å². The molecule has 0 radical (unpaired) electrons. The molecule has 0 saturated carbocycles. The maximum atomic E-state index is 13.6. The van der Waals surface area contributed by atoms with Crippen molar-refractivity contribution in [2.75, 3.05) is 11.9 Å². The summed E-state index contributed by atoms with van der Waals surface area (Å²) >= 11 is 2.13. The molecule has 1 amide bonds. The number of nitro benzene ring substituents is 1. The Bertz CT molecular complexity index is 1610. The van der Waals surface area contributed by atoms with E-state index in [1.165, 1.54) is 28.8 Å². The fraction of sp³-hybridized carbons (Fsp3) is 0.0800. The van der Waals surface area contributed by atoms with Crippen LogP contribution in [0.4, 0.5) is 11.4 Å². The van der Waals surface area contributed by atoms with Crippen molar-refractivity contribution in [1.29, 1.82) is 0 Å². The van der Waals surface area contributed by atoms with E-state index in [4.69, 9.17) is 4.98 Å². The molecule has 5 rings (SSSR count). The molecule has 34 heavy (non-hydrogen) atoms. The number of nitrogens with zero attached hydrogens (tertiary/aromatic N) is 4. The predicted octanol–water partition coefficient (Wildman–Crippen LogP) is 4.72. The van der Waals surface area contributed by atoms with E-state index < -0.39 is 4.92 Å². The summed E-state index contributed by atoms with van der Waals surface area (Å²) in [5.41, 5.74) is 3.47. The van der Waals surface area contributed by atoms with E-state index in [0.29, 0.717) is 22.2 Å². The highest BCUT2D eigenvalue weighted by atomic mass is 127. The van der Waals surface area contributed by atoms with Gasteiger partial charge in [-0.25, -0.2) is 4.98 Å². The zero-order valence-corrected chi connectivity index (χ0v) is 20.3. The van der Waals surface area contributed by atoms with Gasteiger partial charge in [-0.15, -0.1) is 0 Å². The minimum atomic E-state index is -0.497. The van der Waals surface area contributed by atoms with Crippen molar-refractivity contribution in [1.82, 2.24) is 9.55 Å². The van der Waals surface area contributed by atoms with Gasteiger partial charge in [-0.2, -0.15) is 0 Å². The molecule has 0 fully saturated rings. The van der Waals surface area contributed by atoms with Crippen LogP contribution in [-0.2, 0) is 4.79 Å². The second kappa shape index (κ2) is 8.17. The summed E-state index contributed by atoms with van der Waals surface area (Å²) in [6.45, 7) is 1.95. The van der Waals surface area contributed by atoms with Gasteiger partial charge in [0.25, 0.3) is 17.2 Å². The number of hydrogen-bond acceptors (Lipinski definition) is 5. The molecule has 0 spiro atoms. The summed E-state index contributed by atoms with van der Waals surface area (Å²) in [5, 5.41) is 11.5. The third kappa shape index (κ3) is 3.58. The van der Waals surface area contributed by atoms with Crippen LogP contribution < -0.4 is 10.5 Å². The molecular formula is C25H17IN4O4. The Kier molecular flexibility index (Phi) is 5.28. The third-order valence-corrected chi connectivity index (χ3v) is 6.46. The molecule has 0 N–H and O–H groups in total. The maximum Gasteiger partial charge on any atom is 0.269 e. The maximum absolute atomic E-state index is 13.6. The van der Waals surface area contributed by atoms with Crippen molar-refractivity contribution in [3.05, 3.63) is 102 Å². The average Bonchev–Trinajstić information content (AvgIpc) is 3.04. The minimum Gasteiger partial charge on any atom is -0.311 e. The molecule has 1 aliphatic heterocycles. The SMILES string of the molecule is Cc1ccc2c(c1)C(=Cc1nc3ccc(I)cc3c(=O)n1-c1ccc([N+](=O)[O-])cc1)C(=O)N2C. The summed E-state index contributed by atoms with van der Waals surface area (Å²) in [7, 11) is 1.70. The van der Waals surface area contributed by atoms with Gasteiger partial charge in [0.1, 0.15) is 5.82 Å². The highest BCUT2D eigenvalue weighted by molar-refractivity contribution is 14.1. The molecule has 3 aromatic carbocycles. The summed E-state index contributed by atoms with van der Waals surface area (Å²) in [4.78, 5) is 43.6. The number of non-ortho nitro benzene ring substituents is 1. The average molecular weight is 564 g/mol. The van der Waals surface area contributed by atoms with Crippen LogP contribution >= 0.6 is 22.6 Å². The summed E-state index contributed by atoms with van der Waals surface area (Å²) in [5.74, 6) is 0.0615. The van der Waals surface area contributed by atoms with Gasteiger partial charge in [0.2, 0.25) is 0 Å². The Morgan fingerprint density at radius 2 is 1.76 bits per heavy atom. The first-order valence-electron chi connectivity index (χ1n) is 10.3. The van der Waals surface area contributed by atoms with Crippen LogP contribution in [0.3, 0.4) is 0 Å². The fourth-order valence-electron chi connectivity index (χ4n) is 4.08. The van der Waals surface area contributed by atoms with Gasteiger partial charge in [-0.1, -0.05) is 11.6 Å². The lowest BCUT2D eigenvalue weighted by Gasteiger charge is -2.12. The van der Waals surface area contributed by atoms with Crippen LogP contribution in [-0.4, -0.2) is 27.4 Å². The molecule has 9 heteroatoms. The number of benzene rings is 3. The third-order valence-electron chi connectivity index (χ3n) is 5.79. The standard InChI is InChI=1S/C25H17IN4O4/c1-14-3-10-22-18(11-14)19(24(31)28(22)2)13-23-27-21-9-4-15(26)12-20(21)25(32)29(23)16-5-7-17(8-6-16)30(33)34/h3-13H,1-2H3. The number of fused-ring (bicyclic) bond motifs is 2. The van der Waals surface area contributed by atoms with E-state index >= 15 is 0 Å². The van der Waals surface area contributed by atoms with E-state index in [1.54, 1.807) is 30.2 Å². The van der Waals surface area contributed by atoms with Gasteiger partial charge in [-0.05, 0) is 78.1 Å². The van der Waals surface area contributed by atoms with E-state index in [9.17, 15) is 19.7 Å². The van der Waals surface area contributed by atoms with Crippen LogP contribution in [0.25, 0.3) is 28.2 Å². The zero-order valence-electron chi connectivity index (χ0n) is 18.2. The van der Waals surface area contributed by atoms with Crippen molar-refractivity contribution in [3.63, 3.8) is 0 Å². The number of aryl methyl sites for hydroxylation is 1. The first-order chi connectivity index (χ1) is 16.2. The zero-order chi connectivity index (χ0) is 24.1. The number of halogens is 1. The smallest absolute Gasteiger partial charge is 0.269 e. The van der Waals surface area contributed by atoms with Crippen LogP contribution in [0.1, 0.15) is 17.0 Å². The first-order valence-corrected chi connectivity index (χ1v) is 11.4. The summed E-state index contributed by atoms with van der Waals surface area (Å²) < 4.78 is 2.26. The van der Waals surface area contributed by atoms with E-state index in [-0.39, 0.29) is 23.0 Å². The second-order valence-corrected chi connectivity index (χ2v) is 9.23. The Hall–Kier alpha value is -3.86. The molecule has 0 aliphatic carbocycles. The Morgan fingerprint density at radius 3 is 2.47 bits per heavy atom. The molecule has 8 nitrogen and oxygen atoms in total. The molecule has 2 heterocycles. The van der Waals surface area contributed by atoms with E-state index in [2.05, 4.69) is 22.6 Å². The molecule has 1 aliphatic rings. The molecule has 0 saturated heterocycles. The van der Waals surface area contributed by atoms with E-state index in [0.717, 1.165) is 20.4 Å². The summed E-state index contributed by atoms with van der Waals surface area (Å²) in [6, 6.07) is 16.8. The molecule has 168 valence electrons. The van der Waals surface area contributed by atoms with Crippen molar-refractivity contribution >= 4 is 62.4 Å². The molecular weight excluding hydrogens is 547 g/mol. The topological polar surface area (TPSA) is 98.3 Å². The fourth-order valence-corrected chi connectivity index (χ4v) is 4.57. The lowest BCUT2D eigenvalue weighted by Crippen LogP contribution is -2.23. The highest BCUT2D eigenvalue weighted by Gasteiger charge is 2.30. The number of amides is 1. The summed E-state index contributed by atoms with van der Waals surface area (Å²) in [6.07, 6.45) is 1.62. The van der Waals surface area contributed by atoms with Gasteiger partial charge in [0.15, 0.2) is 0 Å². The molecule has 0 bridgehead atoms. The largest absolute Gasteiger partial charge is 0.311 e. The Morgan fingerprint density at radius 1 is 1.03 bits per heavy atom. The number of anilines is 1. The number of nitro groups is 1. The Balaban J connectivity index is 1.81. The number of likely N-dealkylation sites (N-methyl/N-ethyl adjacent to an activating group) is 1. The number of aromatic nitrogens is 2. The quantitative estimate of drug-likeness (QED) is 0.155. The molecule has 1 aromatic heterocycles. The van der Waals surface area contributed by atoms with Gasteiger partial charge < -0.3 is 4.90 Å². The van der Waals surface area contributed by atoms with Gasteiger partial charge in [0.05, 0.1) is 32.8 Å². The highest BCUT2D eigenvalue weighted by Crippen LogP contribution is 2.37. The second-order valence-electron chi connectivity index (χ2n) is 7.99. The number of carbonyl (C=O) groups is 1. The van der Waals surface area contributed by atoms with Crippen molar-refractivity contribution in [2.45, 2.75) is 6.92 Å². The molecule has 4 aromatic rings. The normalized spacial score (nSPS) is 14.1. The van der Waals surface area contributed by atoms with Crippen molar-refractivity contribution in [3.8, 4) is 5.69 Å². The van der Waals surface area contributed by atoms with Gasteiger partial charge in [0, 0.05) is 28.3 Å².